The number of aldehydes is 1. The van der Waals surface area contributed by atoms with Crippen LogP contribution >= 0.6 is 0 Å². The molecule has 0 unspecified atom stereocenters. The van der Waals surface area contributed by atoms with E-state index in [1.54, 1.807) is 0 Å². The molecule has 0 aliphatic heterocycles. The van der Waals surface area contributed by atoms with Crippen molar-refractivity contribution in [3.05, 3.63) is 23.5 Å². The number of carboxylic acid groups (broad SMARTS) is 1. The van der Waals surface area contributed by atoms with Crippen molar-refractivity contribution >= 4 is 12.3 Å². The Kier molecular flexibility index (Phi) is 4.65. The second kappa shape index (κ2) is 6.31. The van der Waals surface area contributed by atoms with E-state index in [4.69, 9.17) is 14.6 Å². The number of benzene rings is 1. The third kappa shape index (κ3) is 3.36. The number of aromatic carboxylic acids is 1. The van der Waals surface area contributed by atoms with Crippen molar-refractivity contribution in [2.24, 2.45) is 0 Å². The zero-order valence-corrected chi connectivity index (χ0v) is 12.0. The number of carbonyl (C=O) groups is 2. The van der Waals surface area contributed by atoms with Crippen LogP contribution in [-0.2, 0) is 4.79 Å². The summed E-state index contributed by atoms with van der Waals surface area (Å²) in [5.41, 5.74) is -1.54. The van der Waals surface area contributed by atoms with Gasteiger partial charge in [-0.25, -0.2) is 9.18 Å². The van der Waals surface area contributed by atoms with E-state index in [1.807, 2.05) is 0 Å². The van der Waals surface area contributed by atoms with Crippen LogP contribution in [0.25, 0.3) is 0 Å². The Bertz CT molecular complexity index is 578. The minimum atomic E-state index is -1.34. The Morgan fingerprint density at radius 1 is 1.36 bits per heavy atom. The molecule has 22 heavy (non-hydrogen) atoms. The molecular formula is C15H17FO6. The Hall–Kier alpha value is -2.15. The van der Waals surface area contributed by atoms with E-state index in [-0.39, 0.29) is 36.0 Å². The van der Waals surface area contributed by atoms with Crippen LogP contribution in [0.5, 0.6) is 11.5 Å². The second-order valence-corrected chi connectivity index (χ2v) is 5.33. The van der Waals surface area contributed by atoms with E-state index in [1.165, 1.54) is 7.11 Å². The monoisotopic (exact) mass is 312 g/mol. The van der Waals surface area contributed by atoms with Gasteiger partial charge in [-0.3, -0.25) is 0 Å². The lowest BCUT2D eigenvalue weighted by Crippen LogP contribution is -2.38. The SMILES string of the molecule is COc1cc(F)c(OC2CCC(O)(C=O)CC2)cc1C(=O)O. The highest BCUT2D eigenvalue weighted by Crippen LogP contribution is 2.33. The average molecular weight is 312 g/mol. The lowest BCUT2D eigenvalue weighted by molar-refractivity contribution is -0.128. The van der Waals surface area contributed by atoms with Gasteiger partial charge in [0.1, 0.15) is 16.9 Å². The summed E-state index contributed by atoms with van der Waals surface area (Å²) in [6.07, 6.45) is 1.34. The van der Waals surface area contributed by atoms with Crippen LogP contribution in [0.2, 0.25) is 0 Å². The summed E-state index contributed by atoms with van der Waals surface area (Å²) in [7, 11) is 1.25. The van der Waals surface area contributed by atoms with Crippen LogP contribution in [0, 0.1) is 5.82 Å². The summed E-state index contributed by atoms with van der Waals surface area (Å²) in [5.74, 6) is -2.24. The molecule has 1 aliphatic rings. The van der Waals surface area contributed by atoms with Crippen LogP contribution in [0.15, 0.2) is 12.1 Å². The topological polar surface area (TPSA) is 93.1 Å². The predicted molar refractivity (Wildman–Crippen MR) is 73.8 cm³/mol. The van der Waals surface area contributed by atoms with E-state index in [2.05, 4.69) is 0 Å². The van der Waals surface area contributed by atoms with Gasteiger partial charge >= 0.3 is 5.97 Å². The quantitative estimate of drug-likeness (QED) is 0.805. The maximum Gasteiger partial charge on any atom is 0.339 e. The van der Waals surface area contributed by atoms with Gasteiger partial charge in [-0.1, -0.05) is 0 Å². The van der Waals surface area contributed by atoms with Gasteiger partial charge < -0.3 is 24.5 Å². The molecule has 0 radical (unpaired) electrons. The number of ether oxygens (including phenoxy) is 2. The fourth-order valence-corrected chi connectivity index (χ4v) is 2.47. The summed E-state index contributed by atoms with van der Waals surface area (Å²) >= 11 is 0. The third-order valence-corrected chi connectivity index (χ3v) is 3.80. The first-order valence-corrected chi connectivity index (χ1v) is 6.85. The number of carboxylic acids is 1. The van der Waals surface area contributed by atoms with Gasteiger partial charge in [0, 0.05) is 12.1 Å². The first-order chi connectivity index (χ1) is 10.4. The van der Waals surface area contributed by atoms with Crippen molar-refractivity contribution in [2.45, 2.75) is 37.4 Å². The molecule has 0 aromatic heterocycles. The summed E-state index contributed by atoms with van der Waals surface area (Å²) in [6, 6.07) is 2.04. The molecule has 1 saturated carbocycles. The number of methoxy groups -OCH3 is 1. The van der Waals surface area contributed by atoms with Crippen LogP contribution in [0.1, 0.15) is 36.0 Å². The van der Waals surface area contributed by atoms with Gasteiger partial charge in [0.25, 0.3) is 0 Å². The van der Waals surface area contributed by atoms with Crippen molar-refractivity contribution in [3.8, 4) is 11.5 Å². The van der Waals surface area contributed by atoms with Crippen molar-refractivity contribution in [1.82, 2.24) is 0 Å². The Balaban J connectivity index is 2.15. The summed E-state index contributed by atoms with van der Waals surface area (Å²) in [4.78, 5) is 21.9. The van der Waals surface area contributed by atoms with E-state index in [0.29, 0.717) is 19.1 Å². The number of hydrogen-bond donors (Lipinski definition) is 2. The molecule has 1 aliphatic carbocycles. The second-order valence-electron chi connectivity index (χ2n) is 5.33. The smallest absolute Gasteiger partial charge is 0.339 e. The molecule has 0 heterocycles. The van der Waals surface area contributed by atoms with E-state index in [9.17, 15) is 19.1 Å². The summed E-state index contributed by atoms with van der Waals surface area (Å²) < 4.78 is 24.3. The van der Waals surface area contributed by atoms with Crippen molar-refractivity contribution < 1.29 is 33.7 Å². The lowest BCUT2D eigenvalue weighted by atomic mass is 9.84. The molecule has 120 valence electrons. The van der Waals surface area contributed by atoms with E-state index in [0.717, 1.165) is 12.1 Å². The molecule has 2 N–H and O–H groups in total. The normalized spacial score (nSPS) is 24.6. The fourth-order valence-electron chi connectivity index (χ4n) is 2.47. The zero-order valence-electron chi connectivity index (χ0n) is 12.0. The number of rotatable bonds is 5. The number of hydrogen-bond acceptors (Lipinski definition) is 5. The van der Waals surface area contributed by atoms with Crippen molar-refractivity contribution in [1.29, 1.82) is 0 Å². The van der Waals surface area contributed by atoms with Gasteiger partial charge in [-0.15, -0.1) is 0 Å². The van der Waals surface area contributed by atoms with Gasteiger partial charge in [0.05, 0.1) is 13.2 Å². The van der Waals surface area contributed by atoms with Gasteiger partial charge in [0.2, 0.25) is 0 Å². The Morgan fingerprint density at radius 2 is 2.00 bits per heavy atom. The molecule has 7 heteroatoms. The van der Waals surface area contributed by atoms with Gasteiger partial charge in [0.15, 0.2) is 17.9 Å². The van der Waals surface area contributed by atoms with Crippen LogP contribution in [-0.4, -0.2) is 41.3 Å². The molecule has 6 nitrogen and oxygen atoms in total. The molecule has 0 saturated heterocycles. The molecule has 0 amide bonds. The fraction of sp³-hybridized carbons (Fsp3) is 0.467. The molecular weight excluding hydrogens is 295 g/mol. The maximum absolute atomic E-state index is 14.0. The van der Waals surface area contributed by atoms with Gasteiger partial charge in [-0.05, 0) is 25.7 Å². The number of carbonyl (C=O) groups excluding carboxylic acids is 1. The Morgan fingerprint density at radius 3 is 2.50 bits per heavy atom. The minimum Gasteiger partial charge on any atom is -0.496 e. The van der Waals surface area contributed by atoms with Gasteiger partial charge in [-0.2, -0.15) is 0 Å². The first-order valence-electron chi connectivity index (χ1n) is 6.85. The molecule has 2 rings (SSSR count). The highest BCUT2D eigenvalue weighted by atomic mass is 19.1. The highest BCUT2D eigenvalue weighted by Gasteiger charge is 2.34. The Labute approximate surface area is 126 Å². The summed E-state index contributed by atoms with van der Waals surface area (Å²) in [5, 5.41) is 18.9. The molecule has 0 atom stereocenters. The van der Waals surface area contributed by atoms with Crippen molar-refractivity contribution in [2.75, 3.05) is 7.11 Å². The molecule has 0 bridgehead atoms. The number of aliphatic hydroxyl groups is 1. The molecule has 0 spiro atoms. The first kappa shape index (κ1) is 16.2. The average Bonchev–Trinajstić information content (AvgIpc) is 2.51. The number of halogens is 1. The summed E-state index contributed by atoms with van der Waals surface area (Å²) in [6.45, 7) is 0. The maximum atomic E-state index is 14.0. The largest absolute Gasteiger partial charge is 0.496 e. The third-order valence-electron chi connectivity index (χ3n) is 3.80. The van der Waals surface area contributed by atoms with E-state index < -0.39 is 17.4 Å². The minimum absolute atomic E-state index is 0.0867. The van der Waals surface area contributed by atoms with Crippen LogP contribution < -0.4 is 9.47 Å². The van der Waals surface area contributed by atoms with Crippen molar-refractivity contribution in [3.63, 3.8) is 0 Å². The molecule has 1 fully saturated rings. The lowest BCUT2D eigenvalue weighted by Gasteiger charge is -2.32. The van der Waals surface area contributed by atoms with E-state index >= 15 is 0 Å². The van der Waals surface area contributed by atoms with Crippen LogP contribution in [0.3, 0.4) is 0 Å². The highest BCUT2D eigenvalue weighted by molar-refractivity contribution is 5.91. The zero-order chi connectivity index (χ0) is 16.3. The van der Waals surface area contributed by atoms with Crippen LogP contribution in [0.4, 0.5) is 4.39 Å². The standard InChI is InChI=1S/C15H17FO6/c1-21-12-7-11(16)13(6-10(12)14(18)19)22-9-2-4-15(20,8-17)5-3-9/h6-9,20H,2-5H2,1H3,(H,18,19). The predicted octanol–water partition coefficient (Wildman–Crippen LogP) is 1.78. The molecule has 1 aromatic carbocycles. The molecule has 1 aromatic rings.